The Morgan fingerprint density at radius 1 is 0.673 bits per heavy atom. The summed E-state index contributed by atoms with van der Waals surface area (Å²) in [5.41, 5.74) is -0.298. The third-order valence-electron chi connectivity index (χ3n) is 6.56. The van der Waals surface area contributed by atoms with Crippen LogP contribution in [0.3, 0.4) is 0 Å². The van der Waals surface area contributed by atoms with Gasteiger partial charge in [-0.05, 0) is 19.1 Å². The van der Waals surface area contributed by atoms with Crippen molar-refractivity contribution in [1.82, 2.24) is 9.97 Å². The van der Waals surface area contributed by atoms with Crippen molar-refractivity contribution in [2.75, 3.05) is 68.6 Å². The largest absolute Gasteiger partial charge is 0.493 e. The number of carbonyl (C=O) groups excluding carboxylic acids is 1. The Balaban J connectivity index is 0.000000459. The number of methoxy groups -OCH3 is 4. The molecule has 0 saturated carbocycles. The summed E-state index contributed by atoms with van der Waals surface area (Å²) >= 11 is 0. The zero-order valence-corrected chi connectivity index (χ0v) is 27.8. The summed E-state index contributed by atoms with van der Waals surface area (Å²) in [6.45, 7) is 3.95. The molecule has 0 amide bonds. The van der Waals surface area contributed by atoms with Crippen LogP contribution in [0, 0.1) is 0 Å². The normalized spacial score (nSPS) is 10.1. The van der Waals surface area contributed by atoms with Gasteiger partial charge in [0.15, 0.2) is 23.0 Å². The molecular weight excluding hydrogens is 644 g/mol. The number of rotatable bonds is 15. The number of esters is 1. The van der Waals surface area contributed by atoms with Gasteiger partial charge in [-0.2, -0.15) is 0 Å². The molecule has 2 aromatic carbocycles. The number of benzene rings is 2. The van der Waals surface area contributed by atoms with Crippen LogP contribution in [0.2, 0.25) is 0 Å². The number of carbonyl (C=O) groups is 2. The van der Waals surface area contributed by atoms with Crippen molar-refractivity contribution >= 4 is 33.7 Å². The molecule has 2 aromatic heterocycles. The molecule has 0 radical (unpaired) electrons. The fourth-order valence-electron chi connectivity index (χ4n) is 4.29. The number of ether oxygens (including phenoxy) is 7. The van der Waals surface area contributed by atoms with E-state index in [1.807, 2.05) is 0 Å². The topological polar surface area (TPSA) is 205 Å². The highest BCUT2D eigenvalue weighted by Crippen LogP contribution is 2.32. The molecule has 270 valence electrons. The number of fused-ring (bicyclic) bond motifs is 2. The molecule has 4 aromatic rings. The Kier molecular flexibility index (Phi) is 18.6. The molecular formula is C34H46N2O13. The van der Waals surface area contributed by atoms with Crippen molar-refractivity contribution in [2.45, 2.75) is 27.2 Å². The van der Waals surface area contributed by atoms with Gasteiger partial charge in [-0.15, -0.1) is 0 Å². The van der Waals surface area contributed by atoms with Crippen LogP contribution in [0.25, 0.3) is 21.8 Å². The minimum absolute atomic E-state index is 0. The fraction of sp³-hybridized carbons (Fsp3) is 0.412. The molecule has 15 heteroatoms. The first-order chi connectivity index (χ1) is 23.2. The van der Waals surface area contributed by atoms with Crippen molar-refractivity contribution in [3.05, 3.63) is 68.2 Å². The molecule has 2 heterocycles. The van der Waals surface area contributed by atoms with E-state index in [0.717, 1.165) is 13.5 Å². The maximum absolute atomic E-state index is 12.5. The maximum atomic E-state index is 12.5. The van der Waals surface area contributed by atoms with Crippen LogP contribution in [0.5, 0.6) is 23.0 Å². The van der Waals surface area contributed by atoms with Gasteiger partial charge in [0.05, 0.1) is 55.8 Å². The number of carboxylic acids is 1. The number of pyridine rings is 2. The SMILES string of the molecule is C.CCOC(=O)c1c[nH]c2cc(OCCCOC)c(OC)cc2c1=O.CO.COCCCOc1cc2[nH]cc(C(=O)O)c(=O)c2cc1OC. The van der Waals surface area contributed by atoms with E-state index in [9.17, 15) is 19.2 Å². The number of hydrogen-bond donors (Lipinski definition) is 4. The number of H-pyrrole nitrogens is 2. The number of aliphatic hydroxyl groups is 1. The number of aromatic carboxylic acids is 1. The third-order valence-corrected chi connectivity index (χ3v) is 6.56. The highest BCUT2D eigenvalue weighted by Gasteiger charge is 2.17. The molecule has 0 saturated heterocycles. The van der Waals surface area contributed by atoms with Gasteiger partial charge >= 0.3 is 11.9 Å². The van der Waals surface area contributed by atoms with E-state index in [1.165, 1.54) is 32.7 Å². The molecule has 15 nitrogen and oxygen atoms in total. The molecule has 49 heavy (non-hydrogen) atoms. The van der Waals surface area contributed by atoms with Gasteiger partial charge in [0.2, 0.25) is 10.9 Å². The van der Waals surface area contributed by atoms with Crippen molar-refractivity contribution in [2.24, 2.45) is 0 Å². The maximum Gasteiger partial charge on any atom is 0.343 e. The predicted molar refractivity (Wildman–Crippen MR) is 184 cm³/mol. The van der Waals surface area contributed by atoms with Crippen LogP contribution in [0.1, 0.15) is 47.9 Å². The van der Waals surface area contributed by atoms with Crippen molar-refractivity contribution < 1.29 is 53.0 Å². The van der Waals surface area contributed by atoms with E-state index >= 15 is 0 Å². The van der Waals surface area contributed by atoms with E-state index in [1.54, 1.807) is 39.3 Å². The van der Waals surface area contributed by atoms with Crippen molar-refractivity contribution in [1.29, 1.82) is 0 Å². The van der Waals surface area contributed by atoms with Crippen LogP contribution < -0.4 is 29.8 Å². The van der Waals surface area contributed by atoms with Crippen molar-refractivity contribution in [3.63, 3.8) is 0 Å². The number of carboxylic acid groups (broad SMARTS) is 1. The second-order valence-electron chi connectivity index (χ2n) is 9.58. The van der Waals surface area contributed by atoms with Crippen LogP contribution >= 0.6 is 0 Å². The Morgan fingerprint density at radius 2 is 1.10 bits per heavy atom. The Hall–Kier alpha value is -5.12. The summed E-state index contributed by atoms with van der Waals surface area (Å²) in [4.78, 5) is 53.2. The highest BCUT2D eigenvalue weighted by atomic mass is 16.5. The predicted octanol–water partition coefficient (Wildman–Crippen LogP) is 4.02. The summed E-state index contributed by atoms with van der Waals surface area (Å²) < 4.78 is 36.6. The van der Waals surface area contributed by atoms with Gasteiger partial charge in [0.1, 0.15) is 11.1 Å². The molecule has 0 bridgehead atoms. The minimum Gasteiger partial charge on any atom is -0.493 e. The first-order valence-corrected chi connectivity index (χ1v) is 14.8. The fourth-order valence-corrected chi connectivity index (χ4v) is 4.29. The smallest absolute Gasteiger partial charge is 0.343 e. The first-order valence-electron chi connectivity index (χ1n) is 14.8. The molecule has 0 aliphatic rings. The number of aromatic amines is 2. The third kappa shape index (κ3) is 11.2. The Bertz CT molecular complexity index is 1770. The summed E-state index contributed by atoms with van der Waals surface area (Å²) in [6.07, 6.45) is 3.97. The van der Waals surface area contributed by atoms with Gasteiger partial charge in [-0.1, -0.05) is 7.43 Å². The number of aromatic nitrogens is 2. The molecule has 0 aliphatic carbocycles. The molecule has 0 spiro atoms. The lowest BCUT2D eigenvalue weighted by molar-refractivity contribution is 0.0524. The number of hydrogen-bond acceptors (Lipinski definition) is 12. The second-order valence-corrected chi connectivity index (χ2v) is 9.58. The molecule has 4 N–H and O–H groups in total. The summed E-state index contributed by atoms with van der Waals surface area (Å²) in [5.74, 6) is -0.142. The summed E-state index contributed by atoms with van der Waals surface area (Å²) in [7, 11) is 7.19. The minimum atomic E-state index is -1.28. The van der Waals surface area contributed by atoms with E-state index in [2.05, 4.69) is 9.97 Å². The van der Waals surface area contributed by atoms with Crippen LogP contribution in [0.15, 0.2) is 46.2 Å². The van der Waals surface area contributed by atoms with Gasteiger partial charge < -0.3 is 53.3 Å². The van der Waals surface area contributed by atoms with E-state index in [-0.39, 0.29) is 30.5 Å². The second kappa shape index (κ2) is 21.7. The van der Waals surface area contributed by atoms with Crippen LogP contribution in [0.4, 0.5) is 0 Å². The van der Waals surface area contributed by atoms with E-state index < -0.39 is 22.8 Å². The Labute approximate surface area is 283 Å². The lowest BCUT2D eigenvalue weighted by Crippen LogP contribution is -2.18. The van der Waals surface area contributed by atoms with Gasteiger partial charge in [-0.25, -0.2) is 9.59 Å². The van der Waals surface area contributed by atoms with Crippen LogP contribution in [-0.4, -0.2) is 101 Å². The van der Waals surface area contributed by atoms with E-state index in [4.69, 9.17) is 43.4 Å². The quantitative estimate of drug-likeness (QED) is 0.103. The zero-order chi connectivity index (χ0) is 35.6. The van der Waals surface area contributed by atoms with Gasteiger partial charge in [0.25, 0.3) is 0 Å². The molecule has 0 fully saturated rings. The van der Waals surface area contributed by atoms with Gasteiger partial charge in [0, 0.05) is 71.9 Å². The average molecular weight is 691 g/mol. The molecule has 0 atom stereocenters. The average Bonchev–Trinajstić information content (AvgIpc) is 3.09. The Morgan fingerprint density at radius 3 is 1.49 bits per heavy atom. The summed E-state index contributed by atoms with van der Waals surface area (Å²) in [5, 5.41) is 16.6. The highest BCUT2D eigenvalue weighted by molar-refractivity contribution is 5.94. The molecule has 0 aliphatic heterocycles. The molecule has 4 rings (SSSR count). The molecule has 0 unspecified atom stereocenters. The van der Waals surface area contributed by atoms with Crippen molar-refractivity contribution in [3.8, 4) is 23.0 Å². The lowest BCUT2D eigenvalue weighted by Gasteiger charge is -2.12. The number of nitrogens with one attached hydrogen (secondary N) is 2. The first kappa shape index (κ1) is 41.9. The standard InChI is InChI=1S/C17H21NO6.C15H17NO6.CH4O.CH4/c1-4-23-17(20)12-10-18-13-9-15(24-7-5-6-21-2)14(22-3)8-11(13)16(12)19;1-20-4-3-5-22-13-7-11-9(6-12(13)21-2)14(17)10(8-16-11)15(18)19;1-2;/h8-10H,4-7H2,1-3H3,(H,18,19);6-8H,3-5H2,1-2H3,(H,16,17)(H,18,19);2H,1H3;1H4. The lowest BCUT2D eigenvalue weighted by atomic mass is 10.1. The summed E-state index contributed by atoms with van der Waals surface area (Å²) in [6, 6.07) is 6.33. The monoisotopic (exact) mass is 690 g/mol. The van der Waals surface area contributed by atoms with Crippen LogP contribution in [-0.2, 0) is 14.2 Å². The van der Waals surface area contributed by atoms with Gasteiger partial charge in [-0.3, -0.25) is 9.59 Å². The number of aliphatic hydroxyl groups excluding tert-OH is 1. The zero-order valence-electron chi connectivity index (χ0n) is 27.8. The van der Waals surface area contributed by atoms with E-state index in [0.29, 0.717) is 72.3 Å².